The molecule has 0 radical (unpaired) electrons. The van der Waals surface area contributed by atoms with Crippen LogP contribution in [-0.4, -0.2) is 38.0 Å². The number of carbonyl (C=O) groups is 3. The minimum Gasteiger partial charge on any atom is -0.496 e. The number of carbonyl (C=O) groups excluding carboxylic acids is 3. The quantitative estimate of drug-likeness (QED) is 0.672. The van der Waals surface area contributed by atoms with E-state index >= 15 is 0 Å². The number of nitrogens with one attached hydrogen (secondary N) is 1. The Balaban J connectivity index is 2.51. The molecule has 7 heteroatoms. The minimum atomic E-state index is -0.760. The zero-order valence-corrected chi connectivity index (χ0v) is 10.3. The van der Waals surface area contributed by atoms with Crippen LogP contribution in [0.1, 0.15) is 10.4 Å². The second-order valence-corrected chi connectivity index (χ2v) is 3.51. The molecule has 0 unspecified atom stereocenters. The van der Waals surface area contributed by atoms with Crippen molar-refractivity contribution < 1.29 is 23.9 Å². The molecule has 1 rings (SSSR count). The lowest BCUT2D eigenvalue weighted by Gasteiger charge is -2.08. The van der Waals surface area contributed by atoms with E-state index in [1.807, 2.05) is 0 Å². The van der Waals surface area contributed by atoms with Crippen molar-refractivity contribution >= 4 is 17.8 Å². The molecule has 7 nitrogen and oxygen atoms in total. The van der Waals surface area contributed by atoms with E-state index in [-0.39, 0.29) is 6.54 Å². The van der Waals surface area contributed by atoms with Gasteiger partial charge in [0.1, 0.15) is 12.3 Å². The van der Waals surface area contributed by atoms with Gasteiger partial charge in [0, 0.05) is 0 Å². The van der Waals surface area contributed by atoms with E-state index < -0.39 is 24.4 Å². The molecule has 0 spiro atoms. The number of amides is 2. The summed E-state index contributed by atoms with van der Waals surface area (Å²) in [6.07, 6.45) is 0. The van der Waals surface area contributed by atoms with Crippen LogP contribution in [0.15, 0.2) is 24.3 Å². The highest BCUT2D eigenvalue weighted by atomic mass is 16.5. The number of benzene rings is 1. The van der Waals surface area contributed by atoms with Gasteiger partial charge in [-0.2, -0.15) is 0 Å². The fourth-order valence-electron chi connectivity index (χ4n) is 1.28. The van der Waals surface area contributed by atoms with Crippen LogP contribution in [0.4, 0.5) is 0 Å². The maximum Gasteiger partial charge on any atom is 0.325 e. The van der Waals surface area contributed by atoms with Crippen molar-refractivity contribution in [3.8, 4) is 5.75 Å². The molecule has 0 aromatic heterocycles. The molecule has 0 aliphatic rings. The van der Waals surface area contributed by atoms with Gasteiger partial charge in [0.05, 0.1) is 12.7 Å². The molecule has 0 saturated carbocycles. The molecule has 1 aromatic rings. The molecule has 0 aliphatic heterocycles. The van der Waals surface area contributed by atoms with E-state index in [1.54, 1.807) is 24.3 Å². The van der Waals surface area contributed by atoms with Crippen LogP contribution in [0, 0.1) is 0 Å². The lowest BCUT2D eigenvalue weighted by Crippen LogP contribution is -2.32. The van der Waals surface area contributed by atoms with E-state index in [0.717, 1.165) is 0 Å². The first-order valence-corrected chi connectivity index (χ1v) is 5.39. The summed E-state index contributed by atoms with van der Waals surface area (Å²) in [7, 11) is 1.44. The van der Waals surface area contributed by atoms with Gasteiger partial charge in [-0.15, -0.1) is 0 Å². The Morgan fingerprint density at radius 3 is 2.58 bits per heavy atom. The summed E-state index contributed by atoms with van der Waals surface area (Å²) in [5, 5.41) is 2.35. The van der Waals surface area contributed by atoms with Crippen molar-refractivity contribution in [2.45, 2.75) is 0 Å². The van der Waals surface area contributed by atoms with E-state index in [0.29, 0.717) is 11.3 Å². The number of esters is 1. The molecule has 0 aliphatic carbocycles. The van der Waals surface area contributed by atoms with Crippen molar-refractivity contribution in [3.63, 3.8) is 0 Å². The largest absolute Gasteiger partial charge is 0.496 e. The average Bonchev–Trinajstić information content (AvgIpc) is 2.42. The van der Waals surface area contributed by atoms with Gasteiger partial charge in [-0.3, -0.25) is 14.4 Å². The van der Waals surface area contributed by atoms with Crippen molar-refractivity contribution in [3.05, 3.63) is 29.8 Å². The summed E-state index contributed by atoms with van der Waals surface area (Å²) in [5.74, 6) is -1.59. The molecule has 3 N–H and O–H groups in total. The van der Waals surface area contributed by atoms with Gasteiger partial charge in [-0.1, -0.05) is 12.1 Å². The smallest absolute Gasteiger partial charge is 0.325 e. The number of para-hydroxylation sites is 1. The average molecular weight is 266 g/mol. The predicted octanol–water partition coefficient (Wildman–Crippen LogP) is -0.546. The fraction of sp³-hybridized carbons (Fsp3) is 0.250. The van der Waals surface area contributed by atoms with Crippen LogP contribution in [0.25, 0.3) is 0 Å². The topological polar surface area (TPSA) is 108 Å². The third-order valence-electron chi connectivity index (χ3n) is 2.12. The van der Waals surface area contributed by atoms with Gasteiger partial charge in [-0.05, 0) is 12.1 Å². The van der Waals surface area contributed by atoms with Crippen LogP contribution < -0.4 is 15.8 Å². The van der Waals surface area contributed by atoms with Crippen molar-refractivity contribution in [1.82, 2.24) is 5.32 Å². The highest BCUT2D eigenvalue weighted by Crippen LogP contribution is 2.16. The standard InChI is InChI=1S/C12H14N2O5/c1-18-9-5-3-2-4-8(9)12(17)14-6-11(16)19-7-10(13)15/h2-5H,6-7H2,1H3,(H2,13,15)(H,14,17). The van der Waals surface area contributed by atoms with Crippen LogP contribution in [0.2, 0.25) is 0 Å². The minimum absolute atomic E-state index is 0.299. The zero-order valence-electron chi connectivity index (χ0n) is 10.3. The van der Waals surface area contributed by atoms with Crippen LogP contribution in [0.3, 0.4) is 0 Å². The zero-order chi connectivity index (χ0) is 14.3. The number of hydrogen-bond donors (Lipinski definition) is 2. The molecule has 0 fully saturated rings. The lowest BCUT2D eigenvalue weighted by atomic mass is 10.2. The van der Waals surface area contributed by atoms with Crippen molar-refractivity contribution in [2.75, 3.05) is 20.3 Å². The summed E-state index contributed by atoms with van der Waals surface area (Å²) in [5.41, 5.74) is 5.10. The van der Waals surface area contributed by atoms with Gasteiger partial charge in [-0.25, -0.2) is 0 Å². The normalized spacial score (nSPS) is 9.53. The van der Waals surface area contributed by atoms with Gasteiger partial charge in [0.15, 0.2) is 6.61 Å². The van der Waals surface area contributed by atoms with Gasteiger partial charge < -0.3 is 20.5 Å². The molecule has 19 heavy (non-hydrogen) atoms. The molecule has 0 heterocycles. The molecule has 1 aromatic carbocycles. The van der Waals surface area contributed by atoms with E-state index in [1.165, 1.54) is 7.11 Å². The van der Waals surface area contributed by atoms with E-state index in [9.17, 15) is 14.4 Å². The first-order valence-electron chi connectivity index (χ1n) is 5.39. The van der Waals surface area contributed by atoms with Crippen LogP contribution in [-0.2, 0) is 14.3 Å². The molecular weight excluding hydrogens is 252 g/mol. The monoisotopic (exact) mass is 266 g/mol. The third kappa shape index (κ3) is 4.66. The number of nitrogens with two attached hydrogens (primary N) is 1. The van der Waals surface area contributed by atoms with Gasteiger partial charge in [0.2, 0.25) is 0 Å². The fourth-order valence-corrected chi connectivity index (χ4v) is 1.28. The molecule has 2 amide bonds. The number of rotatable bonds is 6. The number of primary amides is 1. The molecule has 102 valence electrons. The molecular formula is C12H14N2O5. The Morgan fingerprint density at radius 1 is 1.26 bits per heavy atom. The SMILES string of the molecule is COc1ccccc1C(=O)NCC(=O)OCC(N)=O. The summed E-state index contributed by atoms with van der Waals surface area (Å²) in [4.78, 5) is 33.3. The Hall–Kier alpha value is -2.57. The second-order valence-electron chi connectivity index (χ2n) is 3.51. The molecule has 0 saturated heterocycles. The van der Waals surface area contributed by atoms with Gasteiger partial charge >= 0.3 is 5.97 Å². The Bertz CT molecular complexity index is 487. The van der Waals surface area contributed by atoms with E-state index in [2.05, 4.69) is 10.1 Å². The first-order chi connectivity index (χ1) is 9.04. The maximum atomic E-state index is 11.8. The summed E-state index contributed by atoms with van der Waals surface area (Å²) >= 11 is 0. The van der Waals surface area contributed by atoms with Gasteiger partial charge in [0.25, 0.3) is 11.8 Å². The van der Waals surface area contributed by atoms with Crippen molar-refractivity contribution in [2.24, 2.45) is 5.73 Å². The Morgan fingerprint density at radius 2 is 1.95 bits per heavy atom. The highest BCUT2D eigenvalue weighted by molar-refractivity contribution is 5.98. The highest BCUT2D eigenvalue weighted by Gasteiger charge is 2.13. The van der Waals surface area contributed by atoms with Crippen LogP contribution in [0.5, 0.6) is 5.75 Å². The first kappa shape index (κ1) is 14.5. The number of ether oxygens (including phenoxy) is 2. The molecule has 0 atom stereocenters. The summed E-state index contributed by atoms with van der Waals surface area (Å²) < 4.78 is 9.50. The van der Waals surface area contributed by atoms with E-state index in [4.69, 9.17) is 10.5 Å². The Labute approximate surface area is 109 Å². The maximum absolute atomic E-state index is 11.8. The third-order valence-corrected chi connectivity index (χ3v) is 2.12. The summed E-state index contributed by atoms with van der Waals surface area (Å²) in [6.45, 7) is -0.868. The Kier molecular flexibility index (Phi) is 5.34. The summed E-state index contributed by atoms with van der Waals surface area (Å²) in [6, 6.07) is 6.57. The molecule has 0 bridgehead atoms. The number of hydrogen-bond acceptors (Lipinski definition) is 5. The number of methoxy groups -OCH3 is 1. The second kappa shape index (κ2) is 7.00. The van der Waals surface area contributed by atoms with Crippen LogP contribution >= 0.6 is 0 Å². The predicted molar refractivity (Wildman–Crippen MR) is 65.5 cm³/mol. The van der Waals surface area contributed by atoms with Crippen molar-refractivity contribution in [1.29, 1.82) is 0 Å². The lowest BCUT2D eigenvalue weighted by molar-refractivity contribution is -0.146.